The second-order valence-corrected chi connectivity index (χ2v) is 5.75. The molecule has 4 heteroatoms. The molecule has 0 radical (unpaired) electrons. The minimum Gasteiger partial charge on any atom is -0.303 e. The van der Waals surface area contributed by atoms with E-state index >= 15 is 0 Å². The molecule has 22 heavy (non-hydrogen) atoms. The van der Waals surface area contributed by atoms with Gasteiger partial charge in [0.15, 0.2) is 0 Å². The Labute approximate surface area is 135 Å². The molecule has 0 N–H and O–H groups in total. The van der Waals surface area contributed by atoms with Gasteiger partial charge in [-0.3, -0.25) is 10.1 Å². The summed E-state index contributed by atoms with van der Waals surface area (Å²) in [5.74, 6) is 6.46. The molecule has 0 aliphatic heterocycles. The summed E-state index contributed by atoms with van der Waals surface area (Å²) in [7, 11) is 0. The summed E-state index contributed by atoms with van der Waals surface area (Å²) in [6.45, 7) is 0.114. The summed E-state index contributed by atoms with van der Waals surface area (Å²) >= 11 is 0. The van der Waals surface area contributed by atoms with Crippen LogP contribution in [0.25, 0.3) is 0 Å². The fourth-order valence-electron chi connectivity index (χ4n) is 2.31. The molecule has 0 aromatic carbocycles. The minimum atomic E-state index is -0.235. The Hall–Kier alpha value is -1.37. The van der Waals surface area contributed by atoms with Crippen molar-refractivity contribution in [1.82, 2.24) is 0 Å². The van der Waals surface area contributed by atoms with E-state index in [2.05, 4.69) is 11.8 Å². The van der Waals surface area contributed by atoms with Gasteiger partial charge in [0.25, 0.3) is 0 Å². The summed E-state index contributed by atoms with van der Waals surface area (Å²) in [5.41, 5.74) is 0. The maximum Gasteiger partial charge on any atom is 0.203 e. The standard InChI is InChI=1S/C18H31NO3/c20-18-16-14-12-10-8-6-4-2-1-3-5-7-9-11-13-15-17-19(21)22/h18H,3-17H2. The van der Waals surface area contributed by atoms with Crippen molar-refractivity contribution in [3.63, 3.8) is 0 Å². The first-order valence-corrected chi connectivity index (χ1v) is 8.78. The predicted octanol–water partition coefficient (Wildman–Crippen LogP) is 4.93. The number of hydrogen-bond donors (Lipinski definition) is 0. The molecule has 4 nitrogen and oxygen atoms in total. The molecule has 0 spiro atoms. The molecule has 0 amide bonds. The van der Waals surface area contributed by atoms with Gasteiger partial charge in [-0.05, 0) is 25.7 Å². The van der Waals surface area contributed by atoms with Crippen molar-refractivity contribution in [2.45, 2.75) is 89.9 Å². The van der Waals surface area contributed by atoms with Gasteiger partial charge in [0.05, 0.1) is 0 Å². The average molecular weight is 309 g/mol. The second-order valence-electron chi connectivity index (χ2n) is 5.75. The number of carbonyl (C=O) groups is 1. The monoisotopic (exact) mass is 309 g/mol. The number of unbranched alkanes of at least 4 members (excludes halogenated alkanes) is 12. The number of nitro groups is 1. The van der Waals surface area contributed by atoms with Crippen LogP contribution in [0.2, 0.25) is 0 Å². The van der Waals surface area contributed by atoms with Crippen molar-refractivity contribution in [1.29, 1.82) is 0 Å². The van der Waals surface area contributed by atoms with Gasteiger partial charge < -0.3 is 4.79 Å². The van der Waals surface area contributed by atoms with E-state index in [-0.39, 0.29) is 11.5 Å². The van der Waals surface area contributed by atoms with Crippen molar-refractivity contribution in [3.8, 4) is 11.8 Å². The van der Waals surface area contributed by atoms with Gasteiger partial charge >= 0.3 is 0 Å². The average Bonchev–Trinajstić information content (AvgIpc) is 2.50. The fourth-order valence-corrected chi connectivity index (χ4v) is 2.31. The van der Waals surface area contributed by atoms with Crippen LogP contribution in [0.3, 0.4) is 0 Å². The molecule has 0 bridgehead atoms. The van der Waals surface area contributed by atoms with Crippen LogP contribution < -0.4 is 0 Å². The summed E-state index contributed by atoms with van der Waals surface area (Å²) in [6, 6.07) is 0. The Morgan fingerprint density at radius 2 is 1.18 bits per heavy atom. The molecule has 0 unspecified atom stereocenters. The Bertz CT molecular complexity index is 331. The molecule has 0 aliphatic carbocycles. The molecular weight excluding hydrogens is 278 g/mol. The highest BCUT2D eigenvalue weighted by Crippen LogP contribution is 2.08. The van der Waals surface area contributed by atoms with Gasteiger partial charge in [-0.2, -0.15) is 0 Å². The van der Waals surface area contributed by atoms with Crippen LogP contribution in [0.4, 0.5) is 0 Å². The van der Waals surface area contributed by atoms with Gasteiger partial charge in [-0.25, -0.2) is 0 Å². The van der Waals surface area contributed by atoms with Gasteiger partial charge in [-0.1, -0.05) is 38.5 Å². The van der Waals surface area contributed by atoms with E-state index < -0.39 is 0 Å². The zero-order chi connectivity index (χ0) is 16.3. The van der Waals surface area contributed by atoms with E-state index in [1.54, 1.807) is 0 Å². The molecule has 0 atom stereocenters. The van der Waals surface area contributed by atoms with E-state index in [0.717, 1.165) is 51.2 Å². The third kappa shape index (κ3) is 18.6. The van der Waals surface area contributed by atoms with Gasteiger partial charge in [0.1, 0.15) is 6.29 Å². The number of aldehydes is 1. The van der Waals surface area contributed by atoms with Crippen LogP contribution in [0, 0.1) is 22.0 Å². The summed E-state index contributed by atoms with van der Waals surface area (Å²) < 4.78 is 0. The SMILES string of the molecule is O=CCCCCCCCC#CCCCCCCCC[N+](=O)[O-]. The third-order valence-corrected chi connectivity index (χ3v) is 3.64. The third-order valence-electron chi connectivity index (χ3n) is 3.64. The number of rotatable bonds is 15. The molecule has 0 aromatic rings. The first kappa shape index (κ1) is 20.6. The van der Waals surface area contributed by atoms with E-state index in [1.165, 1.54) is 32.1 Å². The quantitative estimate of drug-likeness (QED) is 0.142. The van der Waals surface area contributed by atoms with E-state index in [4.69, 9.17) is 0 Å². The first-order chi connectivity index (χ1) is 10.8. The largest absolute Gasteiger partial charge is 0.303 e. The number of nitrogens with zero attached hydrogens (tertiary/aromatic N) is 1. The lowest BCUT2D eigenvalue weighted by Gasteiger charge is -1.98. The Morgan fingerprint density at radius 3 is 1.68 bits per heavy atom. The molecular formula is C18H31NO3. The zero-order valence-corrected chi connectivity index (χ0v) is 13.9. The van der Waals surface area contributed by atoms with E-state index in [9.17, 15) is 14.9 Å². The van der Waals surface area contributed by atoms with Crippen molar-refractivity contribution in [3.05, 3.63) is 10.1 Å². The van der Waals surface area contributed by atoms with E-state index in [1.807, 2.05) is 0 Å². The van der Waals surface area contributed by atoms with Crippen LogP contribution in [0.5, 0.6) is 0 Å². The topological polar surface area (TPSA) is 60.2 Å². The van der Waals surface area contributed by atoms with Gasteiger partial charge in [0, 0.05) is 30.6 Å². The number of carbonyl (C=O) groups excluding carboxylic acids is 1. The zero-order valence-electron chi connectivity index (χ0n) is 13.9. The van der Waals surface area contributed by atoms with Crippen molar-refractivity contribution < 1.29 is 9.72 Å². The maximum atomic E-state index is 10.1. The summed E-state index contributed by atoms with van der Waals surface area (Å²) in [6.07, 6.45) is 15.8. The van der Waals surface area contributed by atoms with Crippen molar-refractivity contribution in [2.75, 3.05) is 6.54 Å². The Morgan fingerprint density at radius 1 is 0.727 bits per heavy atom. The summed E-state index contributed by atoms with van der Waals surface area (Å²) in [5, 5.41) is 10.1. The summed E-state index contributed by atoms with van der Waals surface area (Å²) in [4.78, 5) is 20.0. The fraction of sp³-hybridized carbons (Fsp3) is 0.833. The lowest BCUT2D eigenvalue weighted by molar-refractivity contribution is -0.480. The van der Waals surface area contributed by atoms with Crippen LogP contribution in [0.15, 0.2) is 0 Å². The molecule has 0 rings (SSSR count). The minimum absolute atomic E-state index is 0.114. The maximum absolute atomic E-state index is 10.1. The normalized spacial score (nSPS) is 10.0. The second kappa shape index (κ2) is 17.7. The van der Waals surface area contributed by atoms with Crippen molar-refractivity contribution >= 4 is 6.29 Å². The molecule has 0 saturated heterocycles. The van der Waals surface area contributed by atoms with E-state index in [0.29, 0.717) is 12.8 Å². The molecule has 0 aromatic heterocycles. The van der Waals surface area contributed by atoms with Crippen molar-refractivity contribution in [2.24, 2.45) is 0 Å². The van der Waals surface area contributed by atoms with Gasteiger partial charge in [-0.15, -0.1) is 11.8 Å². The lowest BCUT2D eigenvalue weighted by atomic mass is 10.1. The lowest BCUT2D eigenvalue weighted by Crippen LogP contribution is -1.99. The highest BCUT2D eigenvalue weighted by Gasteiger charge is 1.96. The Kier molecular flexibility index (Phi) is 16.6. The van der Waals surface area contributed by atoms with Crippen LogP contribution in [-0.4, -0.2) is 17.8 Å². The Balaban J connectivity index is 3.12. The molecule has 0 aliphatic rings. The molecule has 0 fully saturated rings. The highest BCUT2D eigenvalue weighted by atomic mass is 16.6. The number of hydrogen-bond acceptors (Lipinski definition) is 3. The van der Waals surface area contributed by atoms with Gasteiger partial charge in [0.2, 0.25) is 6.54 Å². The predicted molar refractivity (Wildman–Crippen MR) is 90.3 cm³/mol. The van der Waals surface area contributed by atoms with Crippen LogP contribution in [-0.2, 0) is 4.79 Å². The molecule has 126 valence electrons. The van der Waals surface area contributed by atoms with Crippen LogP contribution in [0.1, 0.15) is 89.9 Å². The first-order valence-electron chi connectivity index (χ1n) is 8.78. The highest BCUT2D eigenvalue weighted by molar-refractivity contribution is 5.48. The molecule has 0 saturated carbocycles. The van der Waals surface area contributed by atoms with Crippen LogP contribution >= 0.6 is 0 Å². The molecule has 0 heterocycles. The smallest absolute Gasteiger partial charge is 0.203 e.